The molecule has 0 saturated carbocycles. The van der Waals surface area contributed by atoms with Crippen LogP contribution in [0.4, 0.5) is 5.69 Å². The van der Waals surface area contributed by atoms with Gasteiger partial charge in [-0.3, -0.25) is 4.90 Å². The Labute approximate surface area is 128 Å². The third-order valence-corrected chi connectivity index (χ3v) is 3.95. The molecule has 0 radical (unpaired) electrons. The minimum atomic E-state index is 0.494. The molecule has 0 heterocycles. The first-order valence-electron chi connectivity index (χ1n) is 7.70. The highest BCUT2D eigenvalue weighted by molar-refractivity contribution is 5.39. The number of nitrogen functional groups attached to an aromatic ring is 1. The van der Waals surface area contributed by atoms with Crippen LogP contribution in [0.3, 0.4) is 0 Å². The third-order valence-electron chi connectivity index (χ3n) is 3.95. The van der Waals surface area contributed by atoms with Crippen LogP contribution in [0, 0.1) is 0 Å². The molecule has 0 aliphatic heterocycles. The van der Waals surface area contributed by atoms with E-state index in [-0.39, 0.29) is 0 Å². The first kappa shape index (κ1) is 15.6. The predicted molar refractivity (Wildman–Crippen MR) is 91.1 cm³/mol. The molecule has 0 amide bonds. The molecule has 0 aliphatic rings. The normalized spacial score (nSPS) is 12.8. The van der Waals surface area contributed by atoms with Crippen molar-refractivity contribution in [2.75, 3.05) is 5.73 Å². The minimum absolute atomic E-state index is 0.494. The van der Waals surface area contributed by atoms with Gasteiger partial charge >= 0.3 is 0 Å². The van der Waals surface area contributed by atoms with Crippen LogP contribution in [0.2, 0.25) is 0 Å². The second-order valence-electron chi connectivity index (χ2n) is 6.05. The molecule has 2 N–H and O–H groups in total. The lowest BCUT2D eigenvalue weighted by atomic mass is 10.0. The zero-order valence-electron chi connectivity index (χ0n) is 13.3. The fourth-order valence-corrected chi connectivity index (χ4v) is 2.75. The molecule has 0 spiro atoms. The van der Waals surface area contributed by atoms with E-state index in [0.717, 1.165) is 18.7 Å². The van der Waals surface area contributed by atoms with Gasteiger partial charge in [-0.2, -0.15) is 0 Å². The van der Waals surface area contributed by atoms with Gasteiger partial charge in [-0.15, -0.1) is 0 Å². The summed E-state index contributed by atoms with van der Waals surface area (Å²) in [6, 6.07) is 19.9. The van der Waals surface area contributed by atoms with Gasteiger partial charge < -0.3 is 5.73 Å². The lowest BCUT2D eigenvalue weighted by Crippen LogP contribution is -2.39. The monoisotopic (exact) mass is 282 g/mol. The van der Waals surface area contributed by atoms with Crippen LogP contribution in [0.1, 0.15) is 31.9 Å². The molecule has 0 aromatic heterocycles. The standard InChI is InChI=1S/C19H26N2/c1-15(2)21(14-18-7-5-4-6-8-18)16(3)13-17-9-11-19(20)12-10-17/h4-12,15-16H,13-14,20H2,1-3H3. The van der Waals surface area contributed by atoms with E-state index in [0.29, 0.717) is 12.1 Å². The second kappa shape index (κ2) is 7.28. The van der Waals surface area contributed by atoms with E-state index >= 15 is 0 Å². The molecule has 21 heavy (non-hydrogen) atoms. The van der Waals surface area contributed by atoms with Crippen molar-refractivity contribution in [1.82, 2.24) is 4.90 Å². The van der Waals surface area contributed by atoms with Gasteiger partial charge in [-0.25, -0.2) is 0 Å². The van der Waals surface area contributed by atoms with Crippen LogP contribution in [-0.2, 0) is 13.0 Å². The zero-order chi connectivity index (χ0) is 15.2. The van der Waals surface area contributed by atoms with E-state index in [1.54, 1.807) is 0 Å². The van der Waals surface area contributed by atoms with Gasteiger partial charge in [-0.05, 0) is 50.5 Å². The van der Waals surface area contributed by atoms with E-state index in [1.165, 1.54) is 11.1 Å². The average Bonchev–Trinajstić information content (AvgIpc) is 2.48. The molecule has 0 aliphatic carbocycles. The maximum atomic E-state index is 5.76. The summed E-state index contributed by atoms with van der Waals surface area (Å²) in [5.41, 5.74) is 9.30. The molecule has 0 bridgehead atoms. The van der Waals surface area contributed by atoms with Crippen LogP contribution < -0.4 is 5.73 Å². The summed E-state index contributed by atoms with van der Waals surface area (Å²) in [6.45, 7) is 7.83. The maximum Gasteiger partial charge on any atom is 0.0314 e. The summed E-state index contributed by atoms with van der Waals surface area (Å²) in [7, 11) is 0. The SMILES string of the molecule is CC(C)N(Cc1ccccc1)C(C)Cc1ccc(N)cc1. The topological polar surface area (TPSA) is 29.3 Å². The van der Waals surface area contributed by atoms with E-state index in [2.05, 4.69) is 68.1 Å². The highest BCUT2D eigenvalue weighted by Gasteiger charge is 2.17. The summed E-state index contributed by atoms with van der Waals surface area (Å²) in [5.74, 6) is 0. The maximum absolute atomic E-state index is 5.76. The Balaban J connectivity index is 2.05. The lowest BCUT2D eigenvalue weighted by Gasteiger charge is -2.33. The van der Waals surface area contributed by atoms with Crippen molar-refractivity contribution in [3.63, 3.8) is 0 Å². The number of hydrogen-bond donors (Lipinski definition) is 1. The molecule has 1 atom stereocenters. The van der Waals surface area contributed by atoms with Crippen molar-refractivity contribution in [3.05, 3.63) is 65.7 Å². The van der Waals surface area contributed by atoms with E-state index < -0.39 is 0 Å². The Morgan fingerprint density at radius 2 is 1.48 bits per heavy atom. The summed E-state index contributed by atoms with van der Waals surface area (Å²) in [6.07, 6.45) is 1.05. The number of nitrogens with two attached hydrogens (primary N) is 1. The summed E-state index contributed by atoms with van der Waals surface area (Å²) in [4.78, 5) is 2.55. The highest BCUT2D eigenvalue weighted by Crippen LogP contribution is 2.16. The van der Waals surface area contributed by atoms with E-state index in [9.17, 15) is 0 Å². The van der Waals surface area contributed by atoms with Crippen LogP contribution >= 0.6 is 0 Å². The predicted octanol–water partition coefficient (Wildman–Crippen LogP) is 4.11. The lowest BCUT2D eigenvalue weighted by molar-refractivity contribution is 0.154. The molecule has 0 fully saturated rings. The molecular weight excluding hydrogens is 256 g/mol. The highest BCUT2D eigenvalue weighted by atomic mass is 15.2. The quantitative estimate of drug-likeness (QED) is 0.808. The molecule has 2 aromatic carbocycles. The van der Waals surface area contributed by atoms with Gasteiger partial charge in [0.15, 0.2) is 0 Å². The second-order valence-corrected chi connectivity index (χ2v) is 6.05. The van der Waals surface area contributed by atoms with Crippen LogP contribution in [0.15, 0.2) is 54.6 Å². The van der Waals surface area contributed by atoms with Gasteiger partial charge in [-0.1, -0.05) is 42.5 Å². The number of hydrogen-bond acceptors (Lipinski definition) is 2. The third kappa shape index (κ3) is 4.61. The number of rotatable bonds is 6. The van der Waals surface area contributed by atoms with Crippen molar-refractivity contribution < 1.29 is 0 Å². The van der Waals surface area contributed by atoms with Crippen molar-refractivity contribution in [2.24, 2.45) is 0 Å². The van der Waals surface area contributed by atoms with Gasteiger partial charge in [0.1, 0.15) is 0 Å². The Bertz CT molecular complexity index is 531. The van der Waals surface area contributed by atoms with Crippen LogP contribution in [0.25, 0.3) is 0 Å². The van der Waals surface area contributed by atoms with Crippen LogP contribution in [0.5, 0.6) is 0 Å². The summed E-state index contributed by atoms with van der Waals surface area (Å²) < 4.78 is 0. The first-order valence-corrected chi connectivity index (χ1v) is 7.70. The van der Waals surface area contributed by atoms with Crippen molar-refractivity contribution in [1.29, 1.82) is 0 Å². The minimum Gasteiger partial charge on any atom is -0.399 e. The fraction of sp³-hybridized carbons (Fsp3) is 0.368. The van der Waals surface area contributed by atoms with Crippen molar-refractivity contribution >= 4 is 5.69 Å². The number of nitrogens with zero attached hydrogens (tertiary/aromatic N) is 1. The number of benzene rings is 2. The molecule has 0 saturated heterocycles. The van der Waals surface area contributed by atoms with Gasteiger partial charge in [0, 0.05) is 24.3 Å². The molecule has 1 unspecified atom stereocenters. The smallest absolute Gasteiger partial charge is 0.0314 e. The number of anilines is 1. The Kier molecular flexibility index (Phi) is 5.40. The van der Waals surface area contributed by atoms with Crippen molar-refractivity contribution in [2.45, 2.75) is 45.8 Å². The molecule has 2 nitrogen and oxygen atoms in total. The Morgan fingerprint density at radius 1 is 0.857 bits per heavy atom. The van der Waals surface area contributed by atoms with E-state index in [1.807, 2.05) is 12.1 Å². The average molecular weight is 282 g/mol. The Morgan fingerprint density at radius 3 is 2.05 bits per heavy atom. The molecular formula is C19H26N2. The largest absolute Gasteiger partial charge is 0.399 e. The van der Waals surface area contributed by atoms with E-state index in [4.69, 9.17) is 5.73 Å². The fourth-order valence-electron chi connectivity index (χ4n) is 2.75. The van der Waals surface area contributed by atoms with Gasteiger partial charge in [0.05, 0.1) is 0 Å². The molecule has 112 valence electrons. The van der Waals surface area contributed by atoms with Crippen molar-refractivity contribution in [3.8, 4) is 0 Å². The molecule has 2 aromatic rings. The molecule has 2 rings (SSSR count). The van der Waals surface area contributed by atoms with Crippen LogP contribution in [-0.4, -0.2) is 17.0 Å². The van der Waals surface area contributed by atoms with Gasteiger partial charge in [0.2, 0.25) is 0 Å². The Hall–Kier alpha value is -1.80. The molecule has 2 heteroatoms. The zero-order valence-corrected chi connectivity index (χ0v) is 13.3. The first-order chi connectivity index (χ1) is 10.1. The summed E-state index contributed by atoms with van der Waals surface area (Å²) >= 11 is 0. The van der Waals surface area contributed by atoms with Gasteiger partial charge in [0.25, 0.3) is 0 Å². The summed E-state index contributed by atoms with van der Waals surface area (Å²) in [5, 5.41) is 0.